The minimum Gasteiger partial charge on any atom is -0.399 e. The number of hydrogen-bond acceptors (Lipinski definition) is 4. The Bertz CT molecular complexity index is 830. The molecule has 0 bridgehead atoms. The number of nitrogen functional groups attached to an aromatic ring is 1. The Morgan fingerprint density at radius 2 is 2.08 bits per heavy atom. The molecule has 2 aromatic rings. The molecule has 4 N–H and O–H groups in total. The number of nitrogens with zero attached hydrogens (tertiary/aromatic N) is 1. The standard InChI is InChI=1S/C17H14BrClN4O/c18-14-4-2-1-3-11(14)9-22-10-12(8-20)17(24)23-16-6-5-13(21)7-15(16)19/h1-7,10,22H,9,21H2,(H,23,24)/b12-10-. The summed E-state index contributed by atoms with van der Waals surface area (Å²) in [6.07, 6.45) is 1.37. The molecule has 0 aliphatic carbocycles. The number of nitrogens with two attached hydrogens (primary N) is 1. The van der Waals surface area contributed by atoms with Crippen LogP contribution in [0.1, 0.15) is 5.56 Å². The second-order valence-electron chi connectivity index (χ2n) is 4.84. The number of halogens is 2. The van der Waals surface area contributed by atoms with Gasteiger partial charge in [-0.2, -0.15) is 5.26 Å². The molecule has 2 rings (SSSR count). The SMILES string of the molecule is N#C/C(=C/NCc1ccccc1Br)C(=O)Nc1ccc(N)cc1Cl. The minimum atomic E-state index is -0.552. The van der Waals surface area contributed by atoms with Crippen molar-refractivity contribution in [1.82, 2.24) is 5.32 Å². The van der Waals surface area contributed by atoms with Gasteiger partial charge >= 0.3 is 0 Å². The van der Waals surface area contributed by atoms with Crippen LogP contribution in [0.2, 0.25) is 5.02 Å². The van der Waals surface area contributed by atoms with E-state index in [-0.39, 0.29) is 5.57 Å². The molecule has 5 nitrogen and oxygen atoms in total. The lowest BCUT2D eigenvalue weighted by molar-refractivity contribution is -0.112. The van der Waals surface area contributed by atoms with Gasteiger partial charge in [0.2, 0.25) is 0 Å². The van der Waals surface area contributed by atoms with Crippen molar-refractivity contribution in [1.29, 1.82) is 5.26 Å². The molecule has 24 heavy (non-hydrogen) atoms. The zero-order valence-corrected chi connectivity index (χ0v) is 14.9. The Morgan fingerprint density at radius 3 is 2.75 bits per heavy atom. The highest BCUT2D eigenvalue weighted by atomic mass is 79.9. The predicted molar refractivity (Wildman–Crippen MR) is 99.2 cm³/mol. The maximum atomic E-state index is 12.1. The number of anilines is 2. The first kappa shape index (κ1) is 17.9. The van der Waals surface area contributed by atoms with Gasteiger partial charge in [-0.15, -0.1) is 0 Å². The van der Waals surface area contributed by atoms with E-state index in [1.54, 1.807) is 12.1 Å². The molecular formula is C17H14BrClN4O. The van der Waals surface area contributed by atoms with Crippen molar-refractivity contribution in [3.63, 3.8) is 0 Å². The quantitative estimate of drug-likeness (QED) is 0.401. The van der Waals surface area contributed by atoms with Gasteiger partial charge in [0.25, 0.3) is 5.91 Å². The highest BCUT2D eigenvalue weighted by molar-refractivity contribution is 9.10. The summed E-state index contributed by atoms with van der Waals surface area (Å²) in [6, 6.07) is 14.3. The Balaban J connectivity index is 2.03. The molecular weight excluding hydrogens is 392 g/mol. The van der Waals surface area contributed by atoms with Crippen LogP contribution in [-0.4, -0.2) is 5.91 Å². The van der Waals surface area contributed by atoms with Crippen LogP contribution >= 0.6 is 27.5 Å². The summed E-state index contributed by atoms with van der Waals surface area (Å²) in [4.78, 5) is 12.1. The number of nitrogens with one attached hydrogen (secondary N) is 2. The van der Waals surface area contributed by atoms with Crippen molar-refractivity contribution in [2.24, 2.45) is 0 Å². The van der Waals surface area contributed by atoms with Crippen molar-refractivity contribution in [3.05, 3.63) is 69.3 Å². The maximum Gasteiger partial charge on any atom is 0.267 e. The Hall–Kier alpha value is -2.49. The molecule has 0 unspecified atom stereocenters. The van der Waals surface area contributed by atoms with Crippen molar-refractivity contribution in [2.75, 3.05) is 11.1 Å². The normalized spacial score (nSPS) is 10.8. The van der Waals surface area contributed by atoms with Crippen molar-refractivity contribution in [3.8, 4) is 6.07 Å². The fourth-order valence-corrected chi connectivity index (χ4v) is 2.54. The van der Waals surface area contributed by atoms with Crippen LogP contribution in [0.25, 0.3) is 0 Å². The highest BCUT2D eigenvalue weighted by Gasteiger charge is 2.11. The monoisotopic (exact) mass is 404 g/mol. The van der Waals surface area contributed by atoms with Gasteiger partial charge in [-0.3, -0.25) is 4.79 Å². The Morgan fingerprint density at radius 1 is 1.33 bits per heavy atom. The third-order valence-corrected chi connectivity index (χ3v) is 4.19. The summed E-state index contributed by atoms with van der Waals surface area (Å²) in [5.74, 6) is -0.552. The van der Waals surface area contributed by atoms with Crippen molar-refractivity contribution >= 4 is 44.8 Å². The summed E-state index contributed by atoms with van der Waals surface area (Å²) in [5, 5.41) is 15.0. The number of rotatable bonds is 5. The molecule has 0 radical (unpaired) electrons. The molecule has 0 spiro atoms. The van der Waals surface area contributed by atoms with Gasteiger partial charge in [-0.25, -0.2) is 0 Å². The topological polar surface area (TPSA) is 90.9 Å². The molecule has 122 valence electrons. The first-order chi connectivity index (χ1) is 11.5. The van der Waals surface area contributed by atoms with Gasteiger partial charge in [0.15, 0.2) is 0 Å². The average Bonchev–Trinajstić information content (AvgIpc) is 2.55. The maximum absolute atomic E-state index is 12.1. The second kappa shape index (κ2) is 8.39. The molecule has 2 aromatic carbocycles. The molecule has 0 aromatic heterocycles. The van der Waals surface area contributed by atoms with Gasteiger partial charge in [0.1, 0.15) is 11.6 Å². The van der Waals surface area contributed by atoms with Crippen molar-refractivity contribution < 1.29 is 4.79 Å². The summed E-state index contributed by atoms with van der Waals surface area (Å²) >= 11 is 9.44. The molecule has 0 atom stereocenters. The molecule has 0 saturated heterocycles. The summed E-state index contributed by atoms with van der Waals surface area (Å²) < 4.78 is 0.947. The molecule has 1 amide bonds. The van der Waals surface area contributed by atoms with E-state index in [4.69, 9.17) is 22.6 Å². The molecule has 7 heteroatoms. The lowest BCUT2D eigenvalue weighted by Gasteiger charge is -2.08. The highest BCUT2D eigenvalue weighted by Crippen LogP contribution is 2.24. The molecule has 0 heterocycles. The first-order valence-electron chi connectivity index (χ1n) is 6.94. The van der Waals surface area contributed by atoms with E-state index in [1.807, 2.05) is 30.3 Å². The number of amides is 1. The van der Waals surface area contributed by atoms with Crippen molar-refractivity contribution in [2.45, 2.75) is 6.54 Å². The fourth-order valence-electron chi connectivity index (χ4n) is 1.88. The van der Waals surface area contributed by atoms with Crippen LogP contribution in [0, 0.1) is 11.3 Å². The molecule has 0 saturated carbocycles. The van der Waals surface area contributed by atoms with Crippen LogP contribution in [0.5, 0.6) is 0 Å². The Labute approximate surface area is 153 Å². The second-order valence-corrected chi connectivity index (χ2v) is 6.10. The lowest BCUT2D eigenvalue weighted by atomic mass is 10.2. The fraction of sp³-hybridized carbons (Fsp3) is 0.0588. The van der Waals surface area contributed by atoms with E-state index in [9.17, 15) is 4.79 Å². The van der Waals surface area contributed by atoms with E-state index in [0.717, 1.165) is 10.0 Å². The summed E-state index contributed by atoms with van der Waals surface area (Å²) in [5.41, 5.74) is 7.43. The van der Waals surface area contributed by atoms with E-state index in [2.05, 4.69) is 26.6 Å². The predicted octanol–water partition coefficient (Wildman–Crippen LogP) is 3.82. The average molecular weight is 406 g/mol. The number of benzene rings is 2. The minimum absolute atomic E-state index is 0.0602. The van der Waals surface area contributed by atoms with Gasteiger partial charge in [-0.05, 0) is 29.8 Å². The third-order valence-electron chi connectivity index (χ3n) is 3.10. The van der Waals surface area contributed by atoms with E-state index in [0.29, 0.717) is 22.9 Å². The number of hydrogen-bond donors (Lipinski definition) is 3. The van der Waals surface area contributed by atoms with Crippen LogP contribution in [0.15, 0.2) is 58.7 Å². The van der Waals surface area contributed by atoms with Gasteiger partial charge in [0, 0.05) is 22.9 Å². The van der Waals surface area contributed by atoms with E-state index in [1.165, 1.54) is 12.3 Å². The first-order valence-corrected chi connectivity index (χ1v) is 8.12. The van der Waals surface area contributed by atoms with Crippen LogP contribution in [-0.2, 0) is 11.3 Å². The number of carbonyl (C=O) groups excluding carboxylic acids is 1. The van der Waals surface area contributed by atoms with Crippen LogP contribution in [0.3, 0.4) is 0 Å². The van der Waals surface area contributed by atoms with Crippen LogP contribution in [0.4, 0.5) is 11.4 Å². The largest absolute Gasteiger partial charge is 0.399 e. The number of nitriles is 1. The zero-order chi connectivity index (χ0) is 17.5. The molecule has 0 fully saturated rings. The van der Waals surface area contributed by atoms with Gasteiger partial charge in [0.05, 0.1) is 10.7 Å². The van der Waals surface area contributed by atoms with E-state index >= 15 is 0 Å². The van der Waals surface area contributed by atoms with Gasteiger partial charge < -0.3 is 16.4 Å². The van der Waals surface area contributed by atoms with E-state index < -0.39 is 5.91 Å². The zero-order valence-electron chi connectivity index (χ0n) is 12.5. The molecule has 0 aliphatic rings. The Kier molecular flexibility index (Phi) is 6.24. The van der Waals surface area contributed by atoms with Gasteiger partial charge in [-0.1, -0.05) is 45.7 Å². The third kappa shape index (κ3) is 4.75. The number of carbonyl (C=O) groups is 1. The summed E-state index contributed by atoms with van der Waals surface area (Å²) in [7, 11) is 0. The van der Waals surface area contributed by atoms with Crippen LogP contribution < -0.4 is 16.4 Å². The summed E-state index contributed by atoms with van der Waals surface area (Å²) in [6.45, 7) is 0.475. The smallest absolute Gasteiger partial charge is 0.267 e. The lowest BCUT2D eigenvalue weighted by Crippen LogP contribution is -2.17. The molecule has 0 aliphatic heterocycles.